The predicted molar refractivity (Wildman–Crippen MR) is 214 cm³/mol. The Morgan fingerprint density at radius 3 is 1.38 bits per heavy atom. The number of unbranched alkanes of at least 4 members (excludes halogenated alkanes) is 16. The maximum Gasteiger partial charge on any atom is 0.306 e. The Balaban J connectivity index is 3.65. The lowest BCUT2D eigenvalue weighted by molar-refractivity contribution is -0.161. The molecular weight excluding hydrogens is 620 g/mol. The number of allylic oxidation sites excluding steroid dienone is 12. The van der Waals surface area contributed by atoms with Crippen LogP contribution in [-0.2, 0) is 19.1 Å². The SMILES string of the molecule is CCC=CCC=CCC=CCC=CCC=CCCCC(=O)OC[C@H](CO)OC(=O)CCCCCCCCCCCC=CCCCCCCCC. The first-order valence-electron chi connectivity index (χ1n) is 20.5. The van der Waals surface area contributed by atoms with Crippen LogP contribution in [0.25, 0.3) is 0 Å². The van der Waals surface area contributed by atoms with E-state index in [1.165, 1.54) is 89.9 Å². The molecule has 0 rings (SSSR count). The van der Waals surface area contributed by atoms with Crippen molar-refractivity contribution in [3.05, 3.63) is 72.9 Å². The van der Waals surface area contributed by atoms with Crippen LogP contribution in [0.3, 0.4) is 0 Å². The Morgan fingerprint density at radius 1 is 0.480 bits per heavy atom. The summed E-state index contributed by atoms with van der Waals surface area (Å²) in [6.07, 6.45) is 54.0. The summed E-state index contributed by atoms with van der Waals surface area (Å²) >= 11 is 0. The average Bonchev–Trinajstić information content (AvgIpc) is 3.12. The third-order valence-electron chi connectivity index (χ3n) is 8.48. The molecule has 1 N–H and O–H groups in total. The smallest absolute Gasteiger partial charge is 0.306 e. The van der Waals surface area contributed by atoms with Crippen LogP contribution in [0, 0.1) is 0 Å². The zero-order chi connectivity index (χ0) is 36.4. The lowest BCUT2D eigenvalue weighted by Crippen LogP contribution is -2.28. The van der Waals surface area contributed by atoms with Gasteiger partial charge in [0.25, 0.3) is 0 Å². The maximum absolute atomic E-state index is 12.2. The minimum atomic E-state index is -0.798. The molecule has 50 heavy (non-hydrogen) atoms. The summed E-state index contributed by atoms with van der Waals surface area (Å²) in [5, 5.41) is 9.56. The maximum atomic E-state index is 12.2. The fraction of sp³-hybridized carbons (Fsp3) is 0.689. The Hall–Kier alpha value is -2.66. The predicted octanol–water partition coefficient (Wildman–Crippen LogP) is 13.0. The van der Waals surface area contributed by atoms with Gasteiger partial charge in [0.15, 0.2) is 6.10 Å². The van der Waals surface area contributed by atoms with E-state index in [2.05, 4.69) is 86.8 Å². The molecule has 0 unspecified atom stereocenters. The molecule has 5 nitrogen and oxygen atoms in total. The van der Waals surface area contributed by atoms with Crippen LogP contribution in [0.5, 0.6) is 0 Å². The van der Waals surface area contributed by atoms with Gasteiger partial charge in [0.05, 0.1) is 6.61 Å². The standard InChI is InChI=1S/C45H76O5/c1-3-5-7-9-11-13-15-17-19-21-22-24-26-28-30-32-34-36-38-40-45(48)50-43(41-46)42-49-44(47)39-37-35-33-31-29-27-25-23-20-18-16-14-12-10-8-6-4-2/h6,8,12,14,17-20,25,27,31,33,43,46H,3-5,7,9-11,13,15-16,21-24,26,28-30,32,34-42H2,1-2H3/t43-/m0/s1. The molecule has 286 valence electrons. The van der Waals surface area contributed by atoms with Crippen molar-refractivity contribution in [2.24, 2.45) is 0 Å². The van der Waals surface area contributed by atoms with E-state index in [0.29, 0.717) is 19.3 Å². The van der Waals surface area contributed by atoms with Crippen molar-refractivity contribution in [3.8, 4) is 0 Å². The molecule has 5 heteroatoms. The first-order chi connectivity index (χ1) is 24.6. The van der Waals surface area contributed by atoms with Crippen molar-refractivity contribution in [2.75, 3.05) is 13.2 Å². The van der Waals surface area contributed by atoms with Crippen molar-refractivity contribution in [3.63, 3.8) is 0 Å². The van der Waals surface area contributed by atoms with E-state index in [4.69, 9.17) is 9.47 Å². The van der Waals surface area contributed by atoms with Gasteiger partial charge in [-0.15, -0.1) is 0 Å². The summed E-state index contributed by atoms with van der Waals surface area (Å²) in [5.41, 5.74) is 0. The largest absolute Gasteiger partial charge is 0.462 e. The number of hydrogen-bond donors (Lipinski definition) is 1. The number of carbonyl (C=O) groups excluding carboxylic acids is 2. The van der Waals surface area contributed by atoms with Gasteiger partial charge in [0, 0.05) is 12.8 Å². The minimum Gasteiger partial charge on any atom is -0.462 e. The topological polar surface area (TPSA) is 72.8 Å². The Kier molecular flexibility index (Phi) is 38.6. The summed E-state index contributed by atoms with van der Waals surface area (Å²) in [5.74, 6) is -0.665. The number of rotatable bonds is 36. The molecule has 0 bridgehead atoms. The highest BCUT2D eigenvalue weighted by molar-refractivity contribution is 5.70. The van der Waals surface area contributed by atoms with Gasteiger partial charge in [-0.05, 0) is 77.0 Å². The zero-order valence-electron chi connectivity index (χ0n) is 32.4. The van der Waals surface area contributed by atoms with Crippen molar-refractivity contribution in [1.82, 2.24) is 0 Å². The van der Waals surface area contributed by atoms with E-state index in [-0.39, 0.29) is 25.2 Å². The van der Waals surface area contributed by atoms with Gasteiger partial charge < -0.3 is 14.6 Å². The van der Waals surface area contributed by atoms with Crippen molar-refractivity contribution >= 4 is 11.9 Å². The number of aliphatic hydroxyl groups excluding tert-OH is 1. The monoisotopic (exact) mass is 697 g/mol. The highest BCUT2D eigenvalue weighted by Gasteiger charge is 2.16. The van der Waals surface area contributed by atoms with Gasteiger partial charge in [-0.3, -0.25) is 9.59 Å². The van der Waals surface area contributed by atoms with Gasteiger partial charge in [0.1, 0.15) is 6.61 Å². The molecular formula is C45H76O5. The highest BCUT2D eigenvalue weighted by atomic mass is 16.6. The molecule has 0 aliphatic rings. The van der Waals surface area contributed by atoms with E-state index in [1.807, 2.05) is 0 Å². The van der Waals surface area contributed by atoms with Crippen LogP contribution in [0.1, 0.15) is 181 Å². The summed E-state index contributed by atoms with van der Waals surface area (Å²) in [4.78, 5) is 24.3. The quantitative estimate of drug-likeness (QED) is 0.0401. The van der Waals surface area contributed by atoms with Crippen LogP contribution in [0.2, 0.25) is 0 Å². The van der Waals surface area contributed by atoms with Gasteiger partial charge in [-0.2, -0.15) is 0 Å². The molecule has 0 saturated heterocycles. The molecule has 0 aromatic rings. The lowest BCUT2D eigenvalue weighted by Gasteiger charge is -2.15. The molecule has 0 radical (unpaired) electrons. The Bertz CT molecular complexity index is 926. The molecule has 0 aromatic carbocycles. The molecule has 0 amide bonds. The second-order valence-electron chi connectivity index (χ2n) is 13.3. The van der Waals surface area contributed by atoms with Crippen molar-refractivity contribution in [2.45, 2.75) is 187 Å². The van der Waals surface area contributed by atoms with Gasteiger partial charge in [-0.25, -0.2) is 0 Å². The minimum absolute atomic E-state index is 0.0990. The summed E-state index contributed by atoms with van der Waals surface area (Å²) < 4.78 is 10.6. The molecule has 0 heterocycles. The molecule has 0 fully saturated rings. The number of ether oxygens (including phenoxy) is 2. The van der Waals surface area contributed by atoms with E-state index >= 15 is 0 Å². The summed E-state index contributed by atoms with van der Waals surface area (Å²) in [6.45, 7) is 3.96. The first kappa shape index (κ1) is 47.3. The fourth-order valence-corrected chi connectivity index (χ4v) is 5.41. The number of aliphatic hydroxyl groups is 1. The van der Waals surface area contributed by atoms with Crippen LogP contribution in [-0.4, -0.2) is 36.4 Å². The zero-order valence-corrected chi connectivity index (χ0v) is 32.4. The van der Waals surface area contributed by atoms with E-state index in [1.54, 1.807) is 0 Å². The van der Waals surface area contributed by atoms with Crippen LogP contribution < -0.4 is 0 Å². The molecule has 0 aromatic heterocycles. The Morgan fingerprint density at radius 2 is 0.880 bits per heavy atom. The van der Waals surface area contributed by atoms with Crippen molar-refractivity contribution < 1.29 is 24.2 Å². The summed E-state index contributed by atoms with van der Waals surface area (Å²) in [6, 6.07) is 0. The van der Waals surface area contributed by atoms with E-state index in [0.717, 1.165) is 57.8 Å². The van der Waals surface area contributed by atoms with E-state index in [9.17, 15) is 14.7 Å². The number of esters is 2. The van der Waals surface area contributed by atoms with E-state index < -0.39 is 6.10 Å². The van der Waals surface area contributed by atoms with Crippen molar-refractivity contribution in [1.29, 1.82) is 0 Å². The molecule has 1 atom stereocenters. The normalized spacial score (nSPS) is 12.9. The third kappa shape index (κ3) is 38.1. The van der Waals surface area contributed by atoms with Crippen LogP contribution in [0.15, 0.2) is 72.9 Å². The molecule has 0 aliphatic carbocycles. The second kappa shape index (κ2) is 40.8. The molecule has 0 aliphatic heterocycles. The van der Waals surface area contributed by atoms with Gasteiger partial charge in [0.2, 0.25) is 0 Å². The first-order valence-corrected chi connectivity index (χ1v) is 20.5. The van der Waals surface area contributed by atoms with Crippen LogP contribution >= 0.6 is 0 Å². The lowest BCUT2D eigenvalue weighted by atomic mass is 10.1. The second-order valence-corrected chi connectivity index (χ2v) is 13.3. The van der Waals surface area contributed by atoms with Gasteiger partial charge in [-0.1, -0.05) is 164 Å². The molecule has 0 spiro atoms. The van der Waals surface area contributed by atoms with Crippen LogP contribution in [0.4, 0.5) is 0 Å². The summed E-state index contributed by atoms with van der Waals surface area (Å²) in [7, 11) is 0. The third-order valence-corrected chi connectivity index (χ3v) is 8.48. The Labute approximate surface area is 308 Å². The highest BCUT2D eigenvalue weighted by Crippen LogP contribution is 2.13. The molecule has 0 saturated carbocycles. The number of carbonyl (C=O) groups is 2. The average molecular weight is 697 g/mol. The fourth-order valence-electron chi connectivity index (χ4n) is 5.41. The van der Waals surface area contributed by atoms with Gasteiger partial charge >= 0.3 is 11.9 Å². The number of hydrogen-bond acceptors (Lipinski definition) is 5.